The van der Waals surface area contributed by atoms with Crippen molar-refractivity contribution in [3.63, 3.8) is 0 Å². The topological polar surface area (TPSA) is 78.9 Å². The van der Waals surface area contributed by atoms with E-state index in [9.17, 15) is 14.4 Å². The van der Waals surface area contributed by atoms with Crippen LogP contribution < -0.4 is 0 Å². The van der Waals surface area contributed by atoms with Crippen LogP contribution in [0.15, 0.2) is 36.5 Å². The fourth-order valence-corrected chi connectivity index (χ4v) is 11.5. The van der Waals surface area contributed by atoms with Crippen LogP contribution in [0.3, 0.4) is 0 Å². The second kappa shape index (κ2) is 72.1. The predicted octanol–water partition coefficient (Wildman–Crippen LogP) is 25.9. The zero-order valence-corrected chi connectivity index (χ0v) is 56.2. The maximum atomic E-state index is 12.9. The highest BCUT2D eigenvalue weighted by atomic mass is 16.6. The van der Waals surface area contributed by atoms with Crippen LogP contribution in [0, 0.1) is 0 Å². The van der Waals surface area contributed by atoms with Crippen molar-refractivity contribution < 1.29 is 28.6 Å². The molecule has 6 nitrogen and oxygen atoms in total. The van der Waals surface area contributed by atoms with E-state index in [1.807, 2.05) is 0 Å². The SMILES string of the molecule is CCCCCCC/C=C\C/C=C\C/C=C\CCCCCCCCCCCCCCCCCCCCC(=O)OCC(COC(=O)CCCCCCCCCCCCC)OC(=O)CCCCCCCCCCCCCCCCCCCCCCC. The fourth-order valence-electron chi connectivity index (χ4n) is 11.5. The van der Waals surface area contributed by atoms with Gasteiger partial charge in [-0.25, -0.2) is 0 Å². The summed E-state index contributed by atoms with van der Waals surface area (Å²) in [6.07, 6.45) is 90.6. The lowest BCUT2D eigenvalue weighted by Gasteiger charge is -2.18. The summed E-state index contributed by atoms with van der Waals surface area (Å²) in [5, 5.41) is 0. The number of ether oxygens (including phenoxy) is 3. The molecule has 6 heteroatoms. The van der Waals surface area contributed by atoms with E-state index in [0.29, 0.717) is 19.3 Å². The molecule has 0 spiro atoms. The molecule has 0 heterocycles. The average molecular weight is 1170 g/mol. The van der Waals surface area contributed by atoms with Gasteiger partial charge in [-0.05, 0) is 57.8 Å². The highest BCUT2D eigenvalue weighted by Gasteiger charge is 2.20. The van der Waals surface area contributed by atoms with Gasteiger partial charge < -0.3 is 14.2 Å². The highest BCUT2D eigenvalue weighted by Crippen LogP contribution is 2.19. The van der Waals surface area contributed by atoms with Gasteiger partial charge in [0.2, 0.25) is 0 Å². The molecule has 0 radical (unpaired) electrons. The molecule has 83 heavy (non-hydrogen) atoms. The number of unbranched alkanes of at least 4 members (excludes halogenated alkanes) is 53. The molecule has 0 aliphatic carbocycles. The lowest BCUT2D eigenvalue weighted by molar-refractivity contribution is -0.167. The second-order valence-electron chi connectivity index (χ2n) is 25.6. The van der Waals surface area contributed by atoms with E-state index in [-0.39, 0.29) is 31.1 Å². The van der Waals surface area contributed by atoms with Crippen molar-refractivity contribution in [2.75, 3.05) is 13.2 Å². The summed E-state index contributed by atoms with van der Waals surface area (Å²) in [6.45, 7) is 6.70. The minimum atomic E-state index is -0.767. The van der Waals surface area contributed by atoms with Crippen LogP contribution in [0.25, 0.3) is 0 Å². The van der Waals surface area contributed by atoms with Crippen LogP contribution in [0.4, 0.5) is 0 Å². The van der Waals surface area contributed by atoms with E-state index < -0.39 is 6.10 Å². The zero-order chi connectivity index (χ0) is 59.9. The maximum absolute atomic E-state index is 12.9. The monoisotopic (exact) mass is 1170 g/mol. The molecule has 1 atom stereocenters. The van der Waals surface area contributed by atoms with Crippen LogP contribution in [0.5, 0.6) is 0 Å². The van der Waals surface area contributed by atoms with E-state index in [2.05, 4.69) is 57.2 Å². The van der Waals surface area contributed by atoms with Crippen LogP contribution in [-0.2, 0) is 28.6 Å². The molecule has 0 fully saturated rings. The van der Waals surface area contributed by atoms with Crippen LogP contribution in [-0.4, -0.2) is 37.2 Å². The molecule has 0 amide bonds. The summed E-state index contributed by atoms with van der Waals surface area (Å²) in [7, 11) is 0. The normalized spacial score (nSPS) is 12.2. The number of rotatable bonds is 70. The first-order valence-electron chi connectivity index (χ1n) is 37.5. The number of hydrogen-bond donors (Lipinski definition) is 0. The third-order valence-corrected chi connectivity index (χ3v) is 17.1. The van der Waals surface area contributed by atoms with E-state index in [4.69, 9.17) is 14.2 Å². The number of carbonyl (C=O) groups excluding carboxylic acids is 3. The van der Waals surface area contributed by atoms with Gasteiger partial charge in [0.05, 0.1) is 0 Å². The Kier molecular flexibility index (Phi) is 70.0. The van der Waals surface area contributed by atoms with Gasteiger partial charge in [0.25, 0.3) is 0 Å². The Hall–Kier alpha value is -2.37. The van der Waals surface area contributed by atoms with Crippen molar-refractivity contribution >= 4 is 17.9 Å². The zero-order valence-electron chi connectivity index (χ0n) is 56.2. The predicted molar refractivity (Wildman–Crippen MR) is 362 cm³/mol. The van der Waals surface area contributed by atoms with Crippen molar-refractivity contribution in [2.45, 2.75) is 425 Å². The molecular weight excluding hydrogens is 1020 g/mol. The summed E-state index contributed by atoms with van der Waals surface area (Å²) in [4.78, 5) is 38.4. The fraction of sp³-hybridized carbons (Fsp3) is 0.883. The molecule has 0 bridgehead atoms. The van der Waals surface area contributed by atoms with Crippen LogP contribution in [0.2, 0.25) is 0 Å². The third kappa shape index (κ3) is 70.3. The third-order valence-electron chi connectivity index (χ3n) is 17.1. The van der Waals surface area contributed by atoms with Gasteiger partial charge in [-0.15, -0.1) is 0 Å². The molecular formula is C77H144O6. The summed E-state index contributed by atoms with van der Waals surface area (Å²) in [6, 6.07) is 0. The molecule has 0 aliphatic rings. The van der Waals surface area contributed by atoms with Gasteiger partial charge >= 0.3 is 17.9 Å². The number of carbonyl (C=O) groups is 3. The Labute approximate surface area is 518 Å². The quantitative estimate of drug-likeness (QED) is 0.0261. The molecule has 0 rings (SSSR count). The molecule has 0 saturated heterocycles. The highest BCUT2D eigenvalue weighted by molar-refractivity contribution is 5.71. The smallest absolute Gasteiger partial charge is 0.306 e. The van der Waals surface area contributed by atoms with Gasteiger partial charge in [-0.3, -0.25) is 14.4 Å². The molecule has 0 N–H and O–H groups in total. The Bertz CT molecular complexity index is 1380. The van der Waals surface area contributed by atoms with Crippen molar-refractivity contribution in [3.05, 3.63) is 36.5 Å². The van der Waals surface area contributed by atoms with E-state index in [0.717, 1.165) is 70.6 Å². The van der Waals surface area contributed by atoms with Gasteiger partial charge in [-0.1, -0.05) is 378 Å². The summed E-state index contributed by atoms with van der Waals surface area (Å²) < 4.78 is 17.0. The first-order chi connectivity index (χ1) is 41.0. The largest absolute Gasteiger partial charge is 0.462 e. The lowest BCUT2D eigenvalue weighted by atomic mass is 10.0. The minimum absolute atomic E-state index is 0.0642. The first-order valence-corrected chi connectivity index (χ1v) is 37.5. The molecule has 0 aromatic carbocycles. The number of esters is 3. The van der Waals surface area contributed by atoms with Crippen LogP contribution in [0.1, 0.15) is 419 Å². The van der Waals surface area contributed by atoms with Crippen molar-refractivity contribution in [1.29, 1.82) is 0 Å². The Morgan fingerprint density at radius 3 is 0.675 bits per heavy atom. The van der Waals surface area contributed by atoms with Crippen LogP contribution >= 0.6 is 0 Å². The van der Waals surface area contributed by atoms with E-state index >= 15 is 0 Å². The van der Waals surface area contributed by atoms with E-state index in [1.54, 1.807) is 0 Å². The Morgan fingerprint density at radius 1 is 0.241 bits per heavy atom. The van der Waals surface area contributed by atoms with Crippen molar-refractivity contribution in [2.24, 2.45) is 0 Å². The summed E-state index contributed by atoms with van der Waals surface area (Å²) in [5.41, 5.74) is 0. The maximum Gasteiger partial charge on any atom is 0.306 e. The Balaban J connectivity index is 4.09. The van der Waals surface area contributed by atoms with Crippen molar-refractivity contribution in [3.8, 4) is 0 Å². The van der Waals surface area contributed by atoms with Gasteiger partial charge in [0, 0.05) is 19.3 Å². The summed E-state index contributed by atoms with van der Waals surface area (Å²) in [5.74, 6) is -0.831. The van der Waals surface area contributed by atoms with E-state index in [1.165, 1.54) is 308 Å². The van der Waals surface area contributed by atoms with Gasteiger partial charge in [0.1, 0.15) is 13.2 Å². The summed E-state index contributed by atoms with van der Waals surface area (Å²) >= 11 is 0. The van der Waals surface area contributed by atoms with Gasteiger partial charge in [-0.2, -0.15) is 0 Å². The standard InChI is InChI=1S/C77H144O6/c1-4-7-10-13-16-19-22-24-26-28-30-32-33-34-35-36-37-38-39-40-41-42-43-45-46-48-50-52-55-58-61-64-67-70-76(79)82-73-74(72-81-75(78)69-66-63-60-57-54-21-18-15-12-9-6-3)83-77(80)71-68-65-62-59-56-53-51-49-47-44-31-29-27-25-23-20-17-14-11-8-5-2/h22,24,28,30,33-34,74H,4-21,23,25-27,29,31-32,35-73H2,1-3H3/b24-22-,30-28-,34-33-. The van der Waals surface area contributed by atoms with Crippen molar-refractivity contribution in [1.82, 2.24) is 0 Å². The average Bonchev–Trinajstić information content (AvgIpc) is 3.48. The van der Waals surface area contributed by atoms with Gasteiger partial charge in [0.15, 0.2) is 6.10 Å². The molecule has 1 unspecified atom stereocenters. The second-order valence-corrected chi connectivity index (χ2v) is 25.6. The molecule has 0 aliphatic heterocycles. The molecule has 0 aromatic heterocycles. The molecule has 0 aromatic rings. The minimum Gasteiger partial charge on any atom is -0.462 e. The number of allylic oxidation sites excluding steroid dienone is 6. The lowest BCUT2D eigenvalue weighted by Crippen LogP contribution is -2.30. The number of hydrogen-bond acceptors (Lipinski definition) is 6. The molecule has 488 valence electrons. The first kappa shape index (κ1) is 80.6. The Morgan fingerprint density at radius 2 is 0.434 bits per heavy atom. The molecule has 0 saturated carbocycles.